The maximum absolute atomic E-state index is 14.3. The predicted octanol–water partition coefficient (Wildman–Crippen LogP) is 2.72. The Bertz CT molecular complexity index is 455. The van der Waals surface area contributed by atoms with Crippen LogP contribution >= 0.6 is 0 Å². The summed E-state index contributed by atoms with van der Waals surface area (Å²) in [7, 11) is 0. The summed E-state index contributed by atoms with van der Waals surface area (Å²) in [5.41, 5.74) is 6.33. The van der Waals surface area contributed by atoms with E-state index >= 15 is 0 Å². The molecule has 18 heavy (non-hydrogen) atoms. The first-order valence-electron chi connectivity index (χ1n) is 6.55. The number of benzene rings is 1. The maximum Gasteiger partial charge on any atom is 0.231 e. The van der Waals surface area contributed by atoms with Gasteiger partial charge in [-0.25, -0.2) is 4.39 Å². The average molecular weight is 251 g/mol. The summed E-state index contributed by atoms with van der Waals surface area (Å²) in [5, 5.41) is 0. The SMILES string of the molecule is NCC1(c2c(F)ccc3c2OCO3)CCCCC1. The summed E-state index contributed by atoms with van der Waals surface area (Å²) in [4.78, 5) is 0. The average Bonchev–Trinajstić information content (AvgIpc) is 2.87. The van der Waals surface area contributed by atoms with Crippen molar-refractivity contribution in [2.45, 2.75) is 37.5 Å². The molecule has 3 nitrogen and oxygen atoms in total. The molecule has 1 aromatic carbocycles. The quantitative estimate of drug-likeness (QED) is 0.879. The molecule has 0 unspecified atom stereocenters. The Morgan fingerprint density at radius 1 is 1.17 bits per heavy atom. The first kappa shape index (κ1) is 11.8. The molecule has 4 heteroatoms. The van der Waals surface area contributed by atoms with E-state index in [0.717, 1.165) is 25.7 Å². The summed E-state index contributed by atoms with van der Waals surface area (Å²) in [6, 6.07) is 3.10. The van der Waals surface area contributed by atoms with Crippen molar-refractivity contribution in [1.82, 2.24) is 0 Å². The van der Waals surface area contributed by atoms with Gasteiger partial charge in [0.05, 0.1) is 0 Å². The molecule has 1 saturated carbocycles. The van der Waals surface area contributed by atoms with Gasteiger partial charge in [0.2, 0.25) is 6.79 Å². The first-order valence-corrected chi connectivity index (χ1v) is 6.55. The van der Waals surface area contributed by atoms with Gasteiger partial charge < -0.3 is 15.2 Å². The molecular formula is C14H18FNO2. The van der Waals surface area contributed by atoms with Gasteiger partial charge in [0, 0.05) is 17.5 Å². The minimum absolute atomic E-state index is 0.173. The lowest BCUT2D eigenvalue weighted by Gasteiger charge is -2.37. The topological polar surface area (TPSA) is 44.5 Å². The maximum atomic E-state index is 14.3. The molecule has 1 aliphatic heterocycles. The standard InChI is InChI=1S/C14H18FNO2/c15-10-4-5-11-13(18-9-17-11)12(10)14(8-16)6-2-1-3-7-14/h4-5H,1-3,6-9,16H2. The van der Waals surface area contributed by atoms with Crippen LogP contribution in [0.2, 0.25) is 0 Å². The zero-order valence-corrected chi connectivity index (χ0v) is 10.4. The van der Waals surface area contributed by atoms with E-state index in [9.17, 15) is 4.39 Å². The number of nitrogens with two attached hydrogens (primary N) is 1. The van der Waals surface area contributed by atoms with E-state index in [1.54, 1.807) is 6.07 Å². The van der Waals surface area contributed by atoms with Crippen LogP contribution in [0.5, 0.6) is 11.5 Å². The number of rotatable bonds is 2. The predicted molar refractivity (Wildman–Crippen MR) is 66.3 cm³/mol. The molecule has 0 atom stereocenters. The lowest BCUT2D eigenvalue weighted by atomic mass is 9.69. The molecule has 1 heterocycles. The molecule has 98 valence electrons. The summed E-state index contributed by atoms with van der Waals surface area (Å²) < 4.78 is 25.1. The van der Waals surface area contributed by atoms with E-state index in [4.69, 9.17) is 15.2 Å². The van der Waals surface area contributed by atoms with Crippen molar-refractivity contribution in [3.63, 3.8) is 0 Å². The summed E-state index contributed by atoms with van der Waals surface area (Å²) in [5.74, 6) is 0.999. The minimum atomic E-state index is -0.276. The largest absolute Gasteiger partial charge is 0.454 e. The van der Waals surface area contributed by atoms with Crippen molar-refractivity contribution in [2.24, 2.45) is 5.73 Å². The molecule has 1 fully saturated rings. The molecule has 0 radical (unpaired) electrons. The molecule has 3 rings (SSSR count). The molecule has 1 aliphatic carbocycles. The molecule has 0 saturated heterocycles. The summed E-state index contributed by atoms with van der Waals surface area (Å²) in [6.07, 6.45) is 5.26. The van der Waals surface area contributed by atoms with Gasteiger partial charge in [-0.3, -0.25) is 0 Å². The van der Waals surface area contributed by atoms with Crippen molar-refractivity contribution in [1.29, 1.82) is 0 Å². The summed E-state index contributed by atoms with van der Waals surface area (Å²) >= 11 is 0. The fourth-order valence-electron chi connectivity index (χ4n) is 3.23. The van der Waals surface area contributed by atoms with Crippen LogP contribution in [-0.4, -0.2) is 13.3 Å². The van der Waals surface area contributed by atoms with Crippen molar-refractivity contribution in [3.05, 3.63) is 23.5 Å². The first-order chi connectivity index (χ1) is 8.77. The van der Waals surface area contributed by atoms with Crippen LogP contribution in [0.3, 0.4) is 0 Å². The van der Waals surface area contributed by atoms with Crippen LogP contribution in [0.1, 0.15) is 37.7 Å². The lowest BCUT2D eigenvalue weighted by molar-refractivity contribution is 0.170. The fraction of sp³-hybridized carbons (Fsp3) is 0.571. The third kappa shape index (κ3) is 1.67. The molecule has 0 spiro atoms. The van der Waals surface area contributed by atoms with Gasteiger partial charge in [-0.2, -0.15) is 0 Å². The van der Waals surface area contributed by atoms with Gasteiger partial charge >= 0.3 is 0 Å². The van der Waals surface area contributed by atoms with E-state index in [1.165, 1.54) is 12.5 Å². The van der Waals surface area contributed by atoms with Crippen LogP contribution < -0.4 is 15.2 Å². The molecule has 0 bridgehead atoms. The van der Waals surface area contributed by atoms with Crippen LogP contribution in [0.4, 0.5) is 4.39 Å². The monoisotopic (exact) mass is 251 g/mol. The zero-order chi connectivity index (χ0) is 12.6. The molecule has 2 aliphatic rings. The van der Waals surface area contributed by atoms with Gasteiger partial charge in [-0.1, -0.05) is 19.3 Å². The van der Waals surface area contributed by atoms with Gasteiger partial charge in [0.25, 0.3) is 0 Å². The van der Waals surface area contributed by atoms with E-state index in [-0.39, 0.29) is 18.0 Å². The second-order valence-corrected chi connectivity index (χ2v) is 5.20. The third-order valence-corrected chi connectivity index (χ3v) is 4.22. The normalized spacial score (nSPS) is 21.0. The second-order valence-electron chi connectivity index (χ2n) is 5.20. The van der Waals surface area contributed by atoms with E-state index in [0.29, 0.717) is 23.6 Å². The van der Waals surface area contributed by atoms with Crippen molar-refractivity contribution >= 4 is 0 Å². The van der Waals surface area contributed by atoms with Crippen LogP contribution in [0.15, 0.2) is 12.1 Å². The highest BCUT2D eigenvalue weighted by molar-refractivity contribution is 5.52. The molecule has 2 N–H and O–H groups in total. The number of hydrogen-bond acceptors (Lipinski definition) is 3. The Morgan fingerprint density at radius 3 is 2.67 bits per heavy atom. The van der Waals surface area contributed by atoms with Gasteiger partial charge in [0.15, 0.2) is 11.5 Å². The van der Waals surface area contributed by atoms with Gasteiger partial charge in [0.1, 0.15) is 5.82 Å². The smallest absolute Gasteiger partial charge is 0.231 e. The van der Waals surface area contributed by atoms with Crippen molar-refractivity contribution in [3.8, 4) is 11.5 Å². The van der Waals surface area contributed by atoms with Crippen molar-refractivity contribution < 1.29 is 13.9 Å². The number of fused-ring (bicyclic) bond motifs is 1. The Balaban J connectivity index is 2.12. The minimum Gasteiger partial charge on any atom is -0.454 e. The van der Waals surface area contributed by atoms with Crippen molar-refractivity contribution in [2.75, 3.05) is 13.3 Å². The summed E-state index contributed by atoms with van der Waals surface area (Å²) in [6.45, 7) is 0.635. The molecule has 1 aromatic rings. The highest BCUT2D eigenvalue weighted by Crippen LogP contribution is 2.48. The molecule has 0 aromatic heterocycles. The van der Waals surface area contributed by atoms with Crippen LogP contribution in [-0.2, 0) is 5.41 Å². The van der Waals surface area contributed by atoms with Crippen LogP contribution in [0, 0.1) is 5.82 Å². The zero-order valence-electron chi connectivity index (χ0n) is 10.4. The van der Waals surface area contributed by atoms with E-state index < -0.39 is 0 Å². The Kier molecular flexibility index (Phi) is 2.90. The van der Waals surface area contributed by atoms with E-state index in [1.807, 2.05) is 0 Å². The Labute approximate surface area is 106 Å². The Hall–Kier alpha value is -1.29. The third-order valence-electron chi connectivity index (χ3n) is 4.22. The molecule has 0 amide bonds. The van der Waals surface area contributed by atoms with Crippen LogP contribution in [0.25, 0.3) is 0 Å². The highest BCUT2D eigenvalue weighted by Gasteiger charge is 2.39. The molecular weight excluding hydrogens is 233 g/mol. The number of hydrogen-bond donors (Lipinski definition) is 1. The lowest BCUT2D eigenvalue weighted by Crippen LogP contribution is -2.38. The number of halogens is 1. The van der Waals surface area contributed by atoms with Gasteiger partial charge in [-0.15, -0.1) is 0 Å². The number of ether oxygens (including phenoxy) is 2. The van der Waals surface area contributed by atoms with E-state index in [2.05, 4.69) is 0 Å². The van der Waals surface area contributed by atoms with Gasteiger partial charge in [-0.05, 0) is 25.0 Å². The second kappa shape index (κ2) is 4.43. The Morgan fingerprint density at radius 2 is 1.94 bits per heavy atom. The highest BCUT2D eigenvalue weighted by atomic mass is 19.1. The fourth-order valence-corrected chi connectivity index (χ4v) is 3.23.